The highest BCUT2D eigenvalue weighted by Crippen LogP contribution is 2.48. The predicted molar refractivity (Wildman–Crippen MR) is 70.4 cm³/mol. The zero-order valence-corrected chi connectivity index (χ0v) is 11.1. The maximum atomic E-state index is 5.74. The van der Waals surface area contributed by atoms with Gasteiger partial charge in [-0.05, 0) is 30.4 Å². The molecule has 2 heterocycles. The van der Waals surface area contributed by atoms with Gasteiger partial charge in [-0.25, -0.2) is 0 Å². The van der Waals surface area contributed by atoms with Crippen LogP contribution < -0.4 is 0 Å². The van der Waals surface area contributed by atoms with Crippen LogP contribution in [0.4, 0.5) is 0 Å². The molecule has 0 bridgehead atoms. The van der Waals surface area contributed by atoms with E-state index in [9.17, 15) is 0 Å². The molecule has 2 rings (SSSR count). The van der Waals surface area contributed by atoms with Crippen LogP contribution in [-0.4, -0.2) is 22.2 Å². The topological polar surface area (TPSA) is 9.23 Å². The normalized spacial score (nSPS) is 24.7. The maximum Gasteiger partial charge on any atom is 0.0942 e. The molecule has 2 aliphatic heterocycles. The van der Waals surface area contributed by atoms with E-state index in [0.717, 1.165) is 13.0 Å². The first-order valence-corrected chi connectivity index (χ1v) is 7.94. The first-order chi connectivity index (χ1) is 7.35. The molecule has 1 spiro atoms. The highest BCUT2D eigenvalue weighted by atomic mass is 32.2. The highest BCUT2D eigenvalue weighted by Gasteiger charge is 2.34. The summed E-state index contributed by atoms with van der Waals surface area (Å²) in [7, 11) is 0. The average molecular weight is 244 g/mol. The second kappa shape index (κ2) is 5.53. The summed E-state index contributed by atoms with van der Waals surface area (Å²) in [5.74, 6) is 3.90. The van der Waals surface area contributed by atoms with E-state index in [1.807, 2.05) is 0 Å². The standard InChI is InChI=1S/C12H20OS2/c1-2-3-5-11-10-12(6-7-13-11)14-8-4-9-15-12/h10H,2-9H2,1H3. The third-order valence-electron chi connectivity index (χ3n) is 2.88. The van der Waals surface area contributed by atoms with Crippen molar-refractivity contribution in [2.75, 3.05) is 18.1 Å². The minimum absolute atomic E-state index is 0.375. The summed E-state index contributed by atoms with van der Waals surface area (Å²) >= 11 is 4.26. The molecular weight excluding hydrogens is 224 g/mol. The molecule has 1 nitrogen and oxygen atoms in total. The van der Waals surface area contributed by atoms with E-state index in [2.05, 4.69) is 36.5 Å². The molecule has 0 radical (unpaired) electrons. The van der Waals surface area contributed by atoms with Crippen LogP contribution in [0, 0.1) is 0 Å². The molecule has 0 unspecified atom stereocenters. The van der Waals surface area contributed by atoms with Gasteiger partial charge in [0.25, 0.3) is 0 Å². The zero-order chi connectivity index (χ0) is 10.6. The molecule has 0 atom stereocenters. The second-order valence-electron chi connectivity index (χ2n) is 4.17. The van der Waals surface area contributed by atoms with Crippen molar-refractivity contribution in [3.8, 4) is 0 Å². The molecule has 1 saturated heterocycles. The molecule has 0 aromatic heterocycles. The van der Waals surface area contributed by atoms with Crippen molar-refractivity contribution >= 4 is 23.5 Å². The quantitative estimate of drug-likeness (QED) is 0.741. The van der Waals surface area contributed by atoms with Crippen LogP contribution >= 0.6 is 23.5 Å². The summed E-state index contributed by atoms with van der Waals surface area (Å²) in [5, 5.41) is 0. The van der Waals surface area contributed by atoms with Crippen molar-refractivity contribution in [3.63, 3.8) is 0 Å². The minimum Gasteiger partial charge on any atom is -0.498 e. The van der Waals surface area contributed by atoms with Crippen LogP contribution in [0.2, 0.25) is 0 Å². The number of allylic oxidation sites excluding steroid dienone is 1. The van der Waals surface area contributed by atoms with E-state index in [0.29, 0.717) is 4.08 Å². The molecule has 0 aliphatic carbocycles. The van der Waals surface area contributed by atoms with Crippen molar-refractivity contribution in [3.05, 3.63) is 11.8 Å². The van der Waals surface area contributed by atoms with Gasteiger partial charge in [0, 0.05) is 12.8 Å². The lowest BCUT2D eigenvalue weighted by molar-refractivity contribution is 0.181. The molecular formula is C12H20OS2. The number of ether oxygens (including phenoxy) is 1. The average Bonchev–Trinajstić information content (AvgIpc) is 2.28. The van der Waals surface area contributed by atoms with E-state index in [4.69, 9.17) is 4.74 Å². The van der Waals surface area contributed by atoms with Crippen LogP contribution in [0.25, 0.3) is 0 Å². The Morgan fingerprint density at radius 3 is 2.93 bits per heavy atom. The van der Waals surface area contributed by atoms with Crippen molar-refractivity contribution < 1.29 is 4.74 Å². The molecule has 3 heteroatoms. The molecule has 0 amide bonds. The summed E-state index contributed by atoms with van der Waals surface area (Å²) < 4.78 is 6.12. The first kappa shape index (κ1) is 11.7. The Morgan fingerprint density at radius 2 is 2.20 bits per heavy atom. The van der Waals surface area contributed by atoms with Gasteiger partial charge < -0.3 is 4.74 Å². The monoisotopic (exact) mass is 244 g/mol. The Hall–Kier alpha value is 0.240. The van der Waals surface area contributed by atoms with Gasteiger partial charge in [0.05, 0.1) is 16.4 Å². The van der Waals surface area contributed by atoms with E-state index >= 15 is 0 Å². The summed E-state index contributed by atoms with van der Waals surface area (Å²) in [6.07, 6.45) is 8.64. The SMILES string of the molecule is CCCCC1=CC2(CCO1)SCCCS2. The Bertz CT molecular complexity index is 232. The van der Waals surface area contributed by atoms with Crippen LogP contribution in [0.5, 0.6) is 0 Å². The molecule has 0 saturated carbocycles. The van der Waals surface area contributed by atoms with Crippen molar-refractivity contribution in [2.45, 2.75) is 43.1 Å². The number of rotatable bonds is 3. The molecule has 0 aromatic rings. The number of unbranched alkanes of at least 4 members (excludes halogenated alkanes) is 1. The summed E-state index contributed by atoms with van der Waals surface area (Å²) in [6.45, 7) is 3.17. The fourth-order valence-corrected chi connectivity index (χ4v) is 5.17. The zero-order valence-electron chi connectivity index (χ0n) is 9.46. The van der Waals surface area contributed by atoms with Crippen LogP contribution in [0.1, 0.15) is 39.0 Å². The highest BCUT2D eigenvalue weighted by molar-refractivity contribution is 8.19. The van der Waals surface area contributed by atoms with Crippen LogP contribution in [-0.2, 0) is 4.74 Å². The smallest absolute Gasteiger partial charge is 0.0942 e. The Morgan fingerprint density at radius 1 is 1.40 bits per heavy atom. The molecule has 2 aliphatic rings. The van der Waals surface area contributed by atoms with Gasteiger partial charge in [-0.15, -0.1) is 23.5 Å². The van der Waals surface area contributed by atoms with E-state index in [1.54, 1.807) is 0 Å². The molecule has 15 heavy (non-hydrogen) atoms. The van der Waals surface area contributed by atoms with E-state index in [-0.39, 0.29) is 0 Å². The maximum absolute atomic E-state index is 5.74. The number of thioether (sulfide) groups is 2. The fraction of sp³-hybridized carbons (Fsp3) is 0.833. The number of hydrogen-bond acceptors (Lipinski definition) is 3. The van der Waals surface area contributed by atoms with Gasteiger partial charge in [0.15, 0.2) is 0 Å². The summed E-state index contributed by atoms with van der Waals surface area (Å²) in [5.41, 5.74) is 0. The van der Waals surface area contributed by atoms with Gasteiger partial charge in [-0.3, -0.25) is 0 Å². The van der Waals surface area contributed by atoms with E-state index < -0.39 is 0 Å². The van der Waals surface area contributed by atoms with Gasteiger partial charge in [-0.1, -0.05) is 13.3 Å². The third-order valence-corrected chi connectivity index (χ3v) is 6.19. The Kier molecular flexibility index (Phi) is 4.32. The summed E-state index contributed by atoms with van der Waals surface area (Å²) in [4.78, 5) is 0. The lowest BCUT2D eigenvalue weighted by Gasteiger charge is -2.37. The summed E-state index contributed by atoms with van der Waals surface area (Å²) in [6, 6.07) is 0. The van der Waals surface area contributed by atoms with Crippen molar-refractivity contribution in [1.82, 2.24) is 0 Å². The predicted octanol–water partition coefficient (Wildman–Crippen LogP) is 4.05. The van der Waals surface area contributed by atoms with E-state index in [1.165, 1.54) is 42.9 Å². The lowest BCUT2D eigenvalue weighted by Crippen LogP contribution is -2.28. The lowest BCUT2D eigenvalue weighted by atomic mass is 10.1. The first-order valence-electron chi connectivity index (χ1n) is 5.97. The molecule has 0 N–H and O–H groups in total. The molecule has 0 aromatic carbocycles. The largest absolute Gasteiger partial charge is 0.498 e. The number of hydrogen-bond donors (Lipinski definition) is 0. The minimum atomic E-state index is 0.375. The van der Waals surface area contributed by atoms with Crippen molar-refractivity contribution in [1.29, 1.82) is 0 Å². The van der Waals surface area contributed by atoms with Gasteiger partial charge >= 0.3 is 0 Å². The second-order valence-corrected chi connectivity index (χ2v) is 7.28. The Labute approximate surface area is 101 Å². The van der Waals surface area contributed by atoms with Crippen molar-refractivity contribution in [2.24, 2.45) is 0 Å². The third kappa shape index (κ3) is 3.10. The van der Waals surface area contributed by atoms with Gasteiger partial charge in [0.2, 0.25) is 0 Å². The van der Waals surface area contributed by atoms with Crippen LogP contribution in [0.3, 0.4) is 0 Å². The van der Waals surface area contributed by atoms with Gasteiger partial charge in [-0.2, -0.15) is 0 Å². The van der Waals surface area contributed by atoms with Gasteiger partial charge in [0.1, 0.15) is 0 Å². The van der Waals surface area contributed by atoms with Crippen LogP contribution in [0.15, 0.2) is 11.8 Å². The molecule has 86 valence electrons. The fourth-order valence-electron chi connectivity index (χ4n) is 2.00. The Balaban J connectivity index is 1.99. The molecule has 1 fully saturated rings.